The fourth-order valence-electron chi connectivity index (χ4n) is 8.22. The maximum atomic E-state index is 14.3. The minimum absolute atomic E-state index is 0.0749. The first kappa shape index (κ1) is 28.2. The van der Waals surface area contributed by atoms with E-state index in [0.29, 0.717) is 18.4 Å². The van der Waals surface area contributed by atoms with E-state index in [1.807, 2.05) is 38.1 Å². The molecule has 2 aliphatic carbocycles. The highest BCUT2D eigenvalue weighted by molar-refractivity contribution is 6.02. The first-order chi connectivity index (χ1) is 19.7. The number of carbonyl (C=O) groups is 3. The molecule has 3 aliphatic heterocycles. The molecule has 6 unspecified atom stereocenters. The second kappa shape index (κ2) is 11.0. The zero-order valence-electron chi connectivity index (χ0n) is 24.9. The number of hydrogen-bond acceptors (Lipinski definition) is 4. The van der Waals surface area contributed by atoms with Crippen LogP contribution in [0.15, 0.2) is 42.0 Å². The number of ether oxygens (including phenoxy) is 1. The molecule has 2 saturated heterocycles. The molecule has 6 rings (SSSR count). The molecule has 0 aromatic heterocycles. The molecule has 2 bridgehead atoms. The minimum atomic E-state index is -1.12. The molecule has 41 heavy (non-hydrogen) atoms. The van der Waals surface area contributed by atoms with Crippen molar-refractivity contribution in [3.8, 4) is 0 Å². The minimum Gasteiger partial charge on any atom is -0.359 e. The van der Waals surface area contributed by atoms with Crippen LogP contribution < -0.4 is 10.6 Å². The molecule has 1 aromatic carbocycles. The molecule has 5 aliphatic rings. The van der Waals surface area contributed by atoms with E-state index in [4.69, 9.17) is 4.74 Å². The molecule has 3 fully saturated rings. The van der Waals surface area contributed by atoms with Crippen LogP contribution in [0.3, 0.4) is 0 Å². The highest BCUT2D eigenvalue weighted by atomic mass is 16.5. The number of nitrogens with one attached hydrogen (secondary N) is 2. The number of fused-ring (bicyclic) bond motifs is 1. The summed E-state index contributed by atoms with van der Waals surface area (Å²) in [5.74, 6) is -1.01. The zero-order chi connectivity index (χ0) is 28.9. The Morgan fingerprint density at radius 1 is 1.05 bits per heavy atom. The molecule has 7 heteroatoms. The van der Waals surface area contributed by atoms with Crippen molar-refractivity contribution >= 4 is 23.4 Å². The normalized spacial score (nSPS) is 35.8. The Morgan fingerprint density at radius 3 is 2.56 bits per heavy atom. The lowest BCUT2D eigenvalue weighted by Gasteiger charge is -2.38. The van der Waals surface area contributed by atoms with E-state index in [0.717, 1.165) is 48.9 Å². The van der Waals surface area contributed by atoms with Gasteiger partial charge >= 0.3 is 0 Å². The Balaban J connectivity index is 1.29. The van der Waals surface area contributed by atoms with E-state index in [1.54, 1.807) is 4.90 Å². The number of likely N-dealkylation sites (tertiary alicyclic amines) is 1. The Hall–Kier alpha value is -2.93. The summed E-state index contributed by atoms with van der Waals surface area (Å²) in [5.41, 5.74) is 3.07. The Bertz CT molecular complexity index is 1270. The largest absolute Gasteiger partial charge is 0.359 e. The predicted octanol–water partition coefficient (Wildman–Crippen LogP) is 5.22. The molecule has 3 heterocycles. The SMILES string of the molecule is Cc1cc(C)cc(NC(=O)C2[C@@H]3C=CC4(O3)C(C(=O)NC3CCCC(C)C3C)N(CCC3=CCCCC3)C(=O)[C@H]24)c1. The molecule has 8 atom stereocenters. The molecule has 0 radical (unpaired) electrons. The van der Waals surface area contributed by atoms with Crippen molar-refractivity contribution in [3.05, 3.63) is 53.1 Å². The van der Waals surface area contributed by atoms with Gasteiger partial charge in [0, 0.05) is 18.3 Å². The molecule has 1 saturated carbocycles. The van der Waals surface area contributed by atoms with Gasteiger partial charge in [-0.2, -0.15) is 0 Å². The summed E-state index contributed by atoms with van der Waals surface area (Å²) in [7, 11) is 0. The maximum Gasteiger partial charge on any atom is 0.246 e. The van der Waals surface area contributed by atoms with E-state index in [9.17, 15) is 14.4 Å². The number of hydrogen-bond donors (Lipinski definition) is 2. The summed E-state index contributed by atoms with van der Waals surface area (Å²) in [6, 6.07) is 5.23. The van der Waals surface area contributed by atoms with Crippen molar-refractivity contribution in [2.75, 3.05) is 11.9 Å². The van der Waals surface area contributed by atoms with Crippen LogP contribution >= 0.6 is 0 Å². The fourth-order valence-corrected chi connectivity index (χ4v) is 8.22. The fraction of sp³-hybridized carbons (Fsp3) is 0.618. The van der Waals surface area contributed by atoms with E-state index in [-0.39, 0.29) is 23.8 Å². The molecular weight excluding hydrogens is 514 g/mol. The van der Waals surface area contributed by atoms with E-state index in [1.165, 1.54) is 24.8 Å². The number of carbonyl (C=O) groups excluding carboxylic acids is 3. The van der Waals surface area contributed by atoms with E-state index < -0.39 is 29.6 Å². The van der Waals surface area contributed by atoms with Gasteiger partial charge in [-0.05, 0) is 87.5 Å². The Morgan fingerprint density at radius 2 is 1.83 bits per heavy atom. The summed E-state index contributed by atoms with van der Waals surface area (Å²) in [4.78, 5) is 44.0. The highest BCUT2D eigenvalue weighted by Crippen LogP contribution is 2.55. The van der Waals surface area contributed by atoms with Crippen molar-refractivity contribution in [1.82, 2.24) is 10.2 Å². The van der Waals surface area contributed by atoms with Crippen LogP contribution in [-0.2, 0) is 19.1 Å². The van der Waals surface area contributed by atoms with Gasteiger partial charge in [-0.3, -0.25) is 14.4 Å². The van der Waals surface area contributed by atoms with Crippen LogP contribution in [0.2, 0.25) is 0 Å². The number of benzene rings is 1. The van der Waals surface area contributed by atoms with Crippen LogP contribution in [0.25, 0.3) is 0 Å². The van der Waals surface area contributed by atoms with Crippen molar-refractivity contribution in [2.24, 2.45) is 23.7 Å². The van der Waals surface area contributed by atoms with Gasteiger partial charge in [0.05, 0.1) is 17.9 Å². The third-order valence-corrected chi connectivity index (χ3v) is 10.5. The van der Waals surface area contributed by atoms with Crippen molar-refractivity contribution < 1.29 is 19.1 Å². The molecule has 3 amide bonds. The summed E-state index contributed by atoms with van der Waals surface area (Å²) in [5, 5.41) is 6.42. The number of rotatable bonds is 7. The van der Waals surface area contributed by atoms with Crippen LogP contribution in [-0.4, -0.2) is 53.0 Å². The van der Waals surface area contributed by atoms with Gasteiger partial charge < -0.3 is 20.3 Å². The van der Waals surface area contributed by atoms with Crippen LogP contribution in [0.1, 0.15) is 76.3 Å². The number of allylic oxidation sites excluding steroid dienone is 1. The van der Waals surface area contributed by atoms with Gasteiger partial charge in [0.25, 0.3) is 0 Å². The topological polar surface area (TPSA) is 87.7 Å². The molecule has 220 valence electrons. The zero-order valence-corrected chi connectivity index (χ0v) is 24.9. The molecular formula is C34H45N3O4. The standard InChI is InChI=1S/C34H45N3O4/c1-20-17-21(2)19-25(18-20)35-31(38)28-27-13-15-34(41-27)29(28)33(40)37(16-14-24-10-6-5-7-11-24)30(34)32(39)36-26-12-8-9-22(3)23(26)4/h10,13,15,17-19,22-23,26-30H,5-9,11-12,14,16H2,1-4H3,(H,35,38)(H,36,39)/t22?,23?,26?,27-,28?,29-,30?,34?/m0/s1. The third-order valence-electron chi connectivity index (χ3n) is 10.5. The molecule has 1 aromatic rings. The van der Waals surface area contributed by atoms with E-state index >= 15 is 0 Å². The quantitative estimate of drug-likeness (QED) is 0.448. The van der Waals surface area contributed by atoms with Gasteiger partial charge in [-0.25, -0.2) is 0 Å². The molecule has 2 N–H and O–H groups in total. The van der Waals surface area contributed by atoms with Gasteiger partial charge in [0.15, 0.2) is 0 Å². The summed E-state index contributed by atoms with van der Waals surface area (Å²) in [6.45, 7) is 8.93. The lowest BCUT2D eigenvalue weighted by atomic mass is 9.73. The maximum absolute atomic E-state index is 14.3. The monoisotopic (exact) mass is 559 g/mol. The number of aryl methyl sites for hydroxylation is 2. The summed E-state index contributed by atoms with van der Waals surface area (Å²) >= 11 is 0. The number of anilines is 1. The molecule has 7 nitrogen and oxygen atoms in total. The number of amides is 3. The van der Waals surface area contributed by atoms with Crippen molar-refractivity contribution in [2.45, 2.75) is 103 Å². The van der Waals surface area contributed by atoms with Crippen molar-refractivity contribution in [1.29, 1.82) is 0 Å². The van der Waals surface area contributed by atoms with Gasteiger partial charge in [0.1, 0.15) is 11.6 Å². The van der Waals surface area contributed by atoms with Gasteiger partial charge in [-0.1, -0.05) is 56.6 Å². The van der Waals surface area contributed by atoms with Gasteiger partial charge in [0.2, 0.25) is 17.7 Å². The number of nitrogens with zero attached hydrogens (tertiary/aromatic N) is 1. The second-order valence-corrected chi connectivity index (χ2v) is 13.3. The lowest BCUT2D eigenvalue weighted by Crippen LogP contribution is -2.58. The first-order valence-electron chi connectivity index (χ1n) is 15.7. The lowest BCUT2D eigenvalue weighted by molar-refractivity contribution is -0.141. The van der Waals surface area contributed by atoms with Crippen molar-refractivity contribution in [3.63, 3.8) is 0 Å². The predicted molar refractivity (Wildman–Crippen MR) is 159 cm³/mol. The molecule has 1 spiro atoms. The highest BCUT2D eigenvalue weighted by Gasteiger charge is 2.72. The Labute approximate surface area is 244 Å². The Kier molecular flexibility index (Phi) is 7.60. The third kappa shape index (κ3) is 5.04. The summed E-state index contributed by atoms with van der Waals surface area (Å²) in [6.07, 6.45) is 14.0. The van der Waals surface area contributed by atoms with Crippen LogP contribution in [0, 0.1) is 37.5 Å². The second-order valence-electron chi connectivity index (χ2n) is 13.3. The van der Waals surface area contributed by atoms with E-state index in [2.05, 4.69) is 36.6 Å². The first-order valence-corrected chi connectivity index (χ1v) is 15.7. The van der Waals surface area contributed by atoms with Gasteiger partial charge in [-0.15, -0.1) is 0 Å². The van der Waals surface area contributed by atoms with Crippen LogP contribution in [0.4, 0.5) is 5.69 Å². The summed E-state index contributed by atoms with van der Waals surface area (Å²) < 4.78 is 6.56. The average Bonchev–Trinajstić information content (AvgIpc) is 3.57. The van der Waals surface area contributed by atoms with Crippen LogP contribution in [0.5, 0.6) is 0 Å². The smallest absolute Gasteiger partial charge is 0.246 e. The average molecular weight is 560 g/mol.